The molecule has 0 saturated carbocycles. The highest BCUT2D eigenvalue weighted by molar-refractivity contribution is 5.73. The summed E-state index contributed by atoms with van der Waals surface area (Å²) in [5, 5.41) is 3.45. The van der Waals surface area contributed by atoms with Crippen molar-refractivity contribution in [3.63, 3.8) is 0 Å². The van der Waals surface area contributed by atoms with Crippen LogP contribution in [0.15, 0.2) is 37.4 Å². The highest BCUT2D eigenvalue weighted by Crippen LogP contribution is 2.37. The van der Waals surface area contributed by atoms with Crippen LogP contribution in [0.2, 0.25) is 0 Å². The Labute approximate surface area is 94.8 Å². The molecule has 3 rings (SSSR count). The van der Waals surface area contributed by atoms with Gasteiger partial charge in [0.05, 0.1) is 12.5 Å². The molecular formula is C13H14N2O. The second kappa shape index (κ2) is 3.76. The third-order valence-corrected chi connectivity index (χ3v) is 3.31. The maximum atomic E-state index is 5.24. The van der Waals surface area contributed by atoms with Gasteiger partial charge in [-0.05, 0) is 24.0 Å². The average molecular weight is 214 g/mol. The number of fused-ring (bicyclic) bond motifs is 1. The summed E-state index contributed by atoms with van der Waals surface area (Å²) in [5.41, 5.74) is 2.51. The first-order valence-electron chi connectivity index (χ1n) is 5.55. The maximum absolute atomic E-state index is 5.24. The van der Waals surface area contributed by atoms with Gasteiger partial charge in [0.15, 0.2) is 0 Å². The summed E-state index contributed by atoms with van der Waals surface area (Å²) >= 11 is 0. The predicted octanol–water partition coefficient (Wildman–Crippen LogP) is 1.98. The zero-order chi connectivity index (χ0) is 11.0. The molecule has 2 unspecified atom stereocenters. The minimum atomic E-state index is 0.529. The number of rotatable bonds is 3. The molecule has 1 aromatic rings. The van der Waals surface area contributed by atoms with Crippen molar-refractivity contribution < 1.29 is 4.74 Å². The molecule has 1 aliphatic heterocycles. The summed E-state index contributed by atoms with van der Waals surface area (Å²) in [4.78, 5) is 4.19. The van der Waals surface area contributed by atoms with Gasteiger partial charge in [0.25, 0.3) is 0 Å². The summed E-state index contributed by atoms with van der Waals surface area (Å²) in [5.74, 6) is 1.54. The van der Waals surface area contributed by atoms with E-state index in [0.29, 0.717) is 6.04 Å². The van der Waals surface area contributed by atoms with E-state index in [9.17, 15) is 0 Å². The van der Waals surface area contributed by atoms with Crippen molar-refractivity contribution in [1.82, 2.24) is 10.3 Å². The van der Waals surface area contributed by atoms with Crippen LogP contribution < -0.4 is 10.1 Å². The standard InChI is InChI=1S/C13H14N2O/c1-2-16-11-5-10(6-14-8-11)12-4-3-9-7-15-13(9)12/h2,4-6,8-9,13,15H,1,3,7H2. The minimum Gasteiger partial charge on any atom is -0.464 e. The maximum Gasteiger partial charge on any atom is 0.145 e. The number of pyridine rings is 1. The first-order valence-corrected chi connectivity index (χ1v) is 5.55. The molecule has 1 saturated heterocycles. The monoisotopic (exact) mass is 214 g/mol. The third kappa shape index (κ3) is 1.44. The molecule has 0 spiro atoms. The Morgan fingerprint density at radius 2 is 2.44 bits per heavy atom. The van der Waals surface area contributed by atoms with Crippen LogP contribution in [0.4, 0.5) is 0 Å². The normalized spacial score (nSPS) is 26.6. The lowest BCUT2D eigenvalue weighted by Gasteiger charge is -2.34. The molecule has 0 amide bonds. The quantitative estimate of drug-likeness (QED) is 0.781. The lowest BCUT2D eigenvalue weighted by atomic mass is 9.89. The van der Waals surface area contributed by atoms with Crippen LogP contribution in [0, 0.1) is 5.92 Å². The third-order valence-electron chi connectivity index (χ3n) is 3.31. The summed E-state index contributed by atoms with van der Waals surface area (Å²) in [7, 11) is 0. The number of aromatic nitrogens is 1. The molecular weight excluding hydrogens is 200 g/mol. The molecule has 3 heteroatoms. The van der Waals surface area contributed by atoms with Gasteiger partial charge in [0.2, 0.25) is 0 Å². The molecule has 0 bridgehead atoms. The molecule has 0 aromatic carbocycles. The van der Waals surface area contributed by atoms with E-state index >= 15 is 0 Å². The van der Waals surface area contributed by atoms with E-state index in [2.05, 4.69) is 23.0 Å². The van der Waals surface area contributed by atoms with Gasteiger partial charge in [-0.3, -0.25) is 4.98 Å². The first-order chi connectivity index (χ1) is 7.88. The van der Waals surface area contributed by atoms with E-state index in [1.165, 1.54) is 18.3 Å². The molecule has 2 aliphatic rings. The van der Waals surface area contributed by atoms with Gasteiger partial charge in [-0.15, -0.1) is 0 Å². The minimum absolute atomic E-state index is 0.529. The summed E-state index contributed by atoms with van der Waals surface area (Å²) < 4.78 is 5.24. The van der Waals surface area contributed by atoms with Crippen LogP contribution in [0.25, 0.3) is 5.57 Å². The van der Waals surface area contributed by atoms with Crippen LogP contribution in [0.1, 0.15) is 12.0 Å². The topological polar surface area (TPSA) is 34.1 Å². The second-order valence-electron chi connectivity index (χ2n) is 4.24. The van der Waals surface area contributed by atoms with E-state index in [4.69, 9.17) is 4.74 Å². The Morgan fingerprint density at radius 1 is 1.50 bits per heavy atom. The summed E-state index contributed by atoms with van der Waals surface area (Å²) in [6.07, 6.45) is 8.51. The molecule has 2 heterocycles. The number of ether oxygens (including phenoxy) is 1. The first kappa shape index (κ1) is 9.60. The van der Waals surface area contributed by atoms with E-state index in [-0.39, 0.29) is 0 Å². The van der Waals surface area contributed by atoms with Crippen LogP contribution >= 0.6 is 0 Å². The zero-order valence-electron chi connectivity index (χ0n) is 9.02. The SMILES string of the molecule is C=COc1cncc(C2=CCC3CNC23)c1. The van der Waals surface area contributed by atoms with Gasteiger partial charge in [-0.25, -0.2) is 0 Å². The molecule has 1 N–H and O–H groups in total. The zero-order valence-corrected chi connectivity index (χ0v) is 9.02. The number of nitrogens with zero attached hydrogens (tertiary/aromatic N) is 1. The van der Waals surface area contributed by atoms with E-state index < -0.39 is 0 Å². The van der Waals surface area contributed by atoms with Gasteiger partial charge < -0.3 is 10.1 Å². The molecule has 1 fully saturated rings. The van der Waals surface area contributed by atoms with Crippen molar-refractivity contribution >= 4 is 5.57 Å². The van der Waals surface area contributed by atoms with Gasteiger partial charge in [-0.2, -0.15) is 0 Å². The van der Waals surface area contributed by atoms with Crippen LogP contribution in [-0.2, 0) is 0 Å². The van der Waals surface area contributed by atoms with Crippen LogP contribution in [-0.4, -0.2) is 17.6 Å². The Balaban J connectivity index is 1.88. The Morgan fingerprint density at radius 3 is 3.12 bits per heavy atom. The van der Waals surface area contributed by atoms with E-state index in [1.54, 1.807) is 6.20 Å². The van der Waals surface area contributed by atoms with Crippen LogP contribution in [0.3, 0.4) is 0 Å². The Kier molecular flexibility index (Phi) is 2.26. The Hall–Kier alpha value is -1.61. The van der Waals surface area contributed by atoms with Gasteiger partial charge in [0.1, 0.15) is 5.75 Å². The molecule has 3 nitrogen and oxygen atoms in total. The number of allylic oxidation sites excluding steroid dienone is 1. The number of nitrogens with one attached hydrogen (secondary N) is 1. The van der Waals surface area contributed by atoms with Crippen molar-refractivity contribution in [3.8, 4) is 5.75 Å². The molecule has 0 radical (unpaired) electrons. The van der Waals surface area contributed by atoms with Crippen molar-refractivity contribution in [2.45, 2.75) is 12.5 Å². The van der Waals surface area contributed by atoms with Crippen molar-refractivity contribution in [3.05, 3.63) is 42.9 Å². The lowest BCUT2D eigenvalue weighted by molar-refractivity contribution is 0.306. The largest absolute Gasteiger partial charge is 0.464 e. The molecule has 1 aliphatic carbocycles. The molecule has 82 valence electrons. The fourth-order valence-electron chi connectivity index (χ4n) is 2.43. The smallest absolute Gasteiger partial charge is 0.145 e. The highest BCUT2D eigenvalue weighted by Gasteiger charge is 2.37. The number of hydrogen-bond donors (Lipinski definition) is 1. The van der Waals surface area contributed by atoms with Gasteiger partial charge >= 0.3 is 0 Å². The van der Waals surface area contributed by atoms with Crippen molar-refractivity contribution in [1.29, 1.82) is 0 Å². The van der Waals surface area contributed by atoms with Crippen molar-refractivity contribution in [2.75, 3.05) is 6.54 Å². The van der Waals surface area contributed by atoms with Crippen LogP contribution in [0.5, 0.6) is 5.75 Å². The van der Waals surface area contributed by atoms with Crippen molar-refractivity contribution in [2.24, 2.45) is 5.92 Å². The van der Waals surface area contributed by atoms with Gasteiger partial charge in [-0.1, -0.05) is 12.7 Å². The molecule has 16 heavy (non-hydrogen) atoms. The average Bonchev–Trinajstić information content (AvgIpc) is 2.55. The predicted molar refractivity (Wildman–Crippen MR) is 62.9 cm³/mol. The molecule has 2 atom stereocenters. The Bertz CT molecular complexity index is 453. The van der Waals surface area contributed by atoms with E-state index in [0.717, 1.165) is 23.8 Å². The summed E-state index contributed by atoms with van der Waals surface area (Å²) in [6, 6.07) is 2.55. The highest BCUT2D eigenvalue weighted by atomic mass is 16.5. The van der Waals surface area contributed by atoms with E-state index in [1.807, 2.05) is 12.3 Å². The fourth-order valence-corrected chi connectivity index (χ4v) is 2.43. The molecule has 1 aromatic heterocycles. The summed E-state index contributed by atoms with van der Waals surface area (Å²) in [6.45, 7) is 4.68. The number of hydrogen-bond acceptors (Lipinski definition) is 3. The second-order valence-corrected chi connectivity index (χ2v) is 4.24. The fraction of sp³-hybridized carbons (Fsp3) is 0.308. The lowest BCUT2D eigenvalue weighted by Crippen LogP contribution is -2.50. The van der Waals surface area contributed by atoms with Gasteiger partial charge in [0, 0.05) is 24.3 Å².